The van der Waals surface area contributed by atoms with Gasteiger partial charge in [-0.2, -0.15) is 0 Å². The van der Waals surface area contributed by atoms with Crippen LogP contribution in [0.25, 0.3) is 11.6 Å². The van der Waals surface area contributed by atoms with E-state index in [1.807, 2.05) is 54.6 Å². The van der Waals surface area contributed by atoms with Gasteiger partial charge in [-0.1, -0.05) is 71.9 Å². The number of ether oxygens (including phenoxy) is 1. The molecule has 0 saturated heterocycles. The Kier molecular flexibility index (Phi) is 7.35. The van der Waals surface area contributed by atoms with Gasteiger partial charge in [0.2, 0.25) is 0 Å². The molecule has 0 fully saturated rings. The predicted octanol–water partition coefficient (Wildman–Crippen LogP) is 4.69. The highest BCUT2D eigenvalue weighted by Crippen LogP contribution is 2.31. The Morgan fingerprint density at radius 1 is 0.941 bits per heavy atom. The summed E-state index contributed by atoms with van der Waals surface area (Å²) in [6.45, 7) is 0.114. The van der Waals surface area contributed by atoms with Gasteiger partial charge in [-0.3, -0.25) is 0 Å². The normalized spacial score (nSPS) is 15.8. The van der Waals surface area contributed by atoms with Crippen LogP contribution in [0.15, 0.2) is 88.9 Å². The quantitative estimate of drug-likeness (QED) is 0.366. The van der Waals surface area contributed by atoms with E-state index >= 15 is 0 Å². The molecule has 0 bridgehead atoms. The van der Waals surface area contributed by atoms with Crippen LogP contribution in [0.4, 0.5) is 0 Å². The second-order valence-corrected chi connectivity index (χ2v) is 10.1. The van der Waals surface area contributed by atoms with Crippen LogP contribution in [-0.2, 0) is 37.2 Å². The number of hydrogen-bond donors (Lipinski definition) is 0. The first-order valence-corrected chi connectivity index (χ1v) is 12.8. The van der Waals surface area contributed by atoms with Crippen LogP contribution in [0.2, 0.25) is 0 Å². The first-order valence-electron chi connectivity index (χ1n) is 10.9. The molecule has 0 N–H and O–H groups in total. The largest absolute Gasteiger partial charge is 0.365 e. The molecule has 7 heteroatoms. The molecule has 0 aromatic heterocycles. The first kappa shape index (κ1) is 23.6. The summed E-state index contributed by atoms with van der Waals surface area (Å²) >= 11 is 0. The van der Waals surface area contributed by atoms with E-state index in [0.29, 0.717) is 18.7 Å². The Morgan fingerprint density at radius 2 is 1.65 bits per heavy atom. The third-order valence-electron chi connectivity index (χ3n) is 5.46. The van der Waals surface area contributed by atoms with E-state index in [4.69, 9.17) is 9.57 Å². The molecular formula is C27H25NO5S. The minimum Gasteiger partial charge on any atom is -0.365 e. The molecule has 4 rings (SSSR count). The minimum atomic E-state index is -3.27. The molecule has 0 saturated carbocycles. The Morgan fingerprint density at radius 3 is 2.38 bits per heavy atom. The molecule has 0 amide bonds. The summed E-state index contributed by atoms with van der Waals surface area (Å²) in [5.74, 6) is -0.570. The summed E-state index contributed by atoms with van der Waals surface area (Å²) in [7, 11) is -3.27. The van der Waals surface area contributed by atoms with E-state index in [-0.39, 0.29) is 11.5 Å². The van der Waals surface area contributed by atoms with Gasteiger partial charge < -0.3 is 9.57 Å². The molecule has 3 aromatic carbocycles. The average Bonchev–Trinajstić information content (AvgIpc) is 2.84. The topological polar surface area (TPSA) is 82.0 Å². The number of sulfone groups is 1. The molecule has 1 aliphatic rings. The fourth-order valence-electron chi connectivity index (χ4n) is 3.74. The lowest BCUT2D eigenvalue weighted by Gasteiger charge is -2.20. The summed E-state index contributed by atoms with van der Waals surface area (Å²) in [5, 5.41) is 4.17. The number of benzene rings is 3. The average molecular weight is 476 g/mol. The lowest BCUT2D eigenvalue weighted by Crippen LogP contribution is -2.16. The standard InChI is InChI=1S/C27H25NO5S/c1-34(30,31)23-14-11-20(12-15-23)17-25-24-10-6-5-9-22(24)13-16-26(25)28-33-27(29)19-32-18-21-7-3-2-4-8-21/h2-12,14-15,17H,13,16,18-19H2,1H3/b25-17+,28-26+. The molecule has 174 valence electrons. The number of carbonyl (C=O) groups excluding carboxylic acids is 1. The third-order valence-corrected chi connectivity index (χ3v) is 6.59. The molecule has 6 nitrogen and oxygen atoms in total. The van der Waals surface area contributed by atoms with E-state index in [2.05, 4.69) is 11.2 Å². The van der Waals surface area contributed by atoms with Gasteiger partial charge in [0.1, 0.15) is 6.61 Å². The van der Waals surface area contributed by atoms with Crippen molar-refractivity contribution in [3.8, 4) is 0 Å². The van der Waals surface area contributed by atoms with Crippen LogP contribution in [0.1, 0.15) is 28.7 Å². The summed E-state index contributed by atoms with van der Waals surface area (Å²) < 4.78 is 29.0. The van der Waals surface area contributed by atoms with Crippen LogP contribution in [-0.4, -0.2) is 33.0 Å². The van der Waals surface area contributed by atoms with Crippen molar-refractivity contribution < 1.29 is 22.8 Å². The van der Waals surface area contributed by atoms with Crippen LogP contribution in [0.5, 0.6) is 0 Å². The van der Waals surface area contributed by atoms with Crippen LogP contribution in [0.3, 0.4) is 0 Å². The van der Waals surface area contributed by atoms with Gasteiger partial charge in [0.15, 0.2) is 9.84 Å². The first-order chi connectivity index (χ1) is 16.4. The summed E-state index contributed by atoms with van der Waals surface area (Å²) in [5.41, 5.74) is 5.48. The second-order valence-electron chi connectivity index (χ2n) is 8.04. The van der Waals surface area contributed by atoms with Gasteiger partial charge in [-0.25, -0.2) is 13.2 Å². The predicted molar refractivity (Wildman–Crippen MR) is 132 cm³/mol. The van der Waals surface area contributed by atoms with Crippen molar-refractivity contribution in [3.63, 3.8) is 0 Å². The Bertz CT molecular complexity index is 1330. The Hall–Kier alpha value is -3.55. The molecule has 0 unspecified atom stereocenters. The SMILES string of the molecule is CS(=O)(=O)c1ccc(/C=C2/C(=N/OC(=O)COCc3ccccc3)CCc3ccccc32)cc1. The maximum absolute atomic E-state index is 12.2. The molecule has 1 aliphatic carbocycles. The van der Waals surface area contributed by atoms with E-state index in [0.717, 1.165) is 28.7 Å². The number of rotatable bonds is 7. The third kappa shape index (κ3) is 6.07. The smallest absolute Gasteiger partial charge is 0.360 e. The molecular weight excluding hydrogens is 450 g/mol. The molecule has 0 radical (unpaired) electrons. The number of aryl methyl sites for hydroxylation is 1. The number of carbonyl (C=O) groups is 1. The monoisotopic (exact) mass is 475 g/mol. The highest BCUT2D eigenvalue weighted by Gasteiger charge is 2.21. The summed E-state index contributed by atoms with van der Waals surface area (Å²) in [4.78, 5) is 17.6. The molecule has 0 aliphatic heterocycles. The number of hydrogen-bond acceptors (Lipinski definition) is 6. The van der Waals surface area contributed by atoms with Crippen molar-refractivity contribution in [2.24, 2.45) is 5.16 Å². The van der Waals surface area contributed by atoms with Gasteiger partial charge in [0, 0.05) is 11.8 Å². The summed E-state index contributed by atoms with van der Waals surface area (Å²) in [6, 6.07) is 24.3. The molecule has 0 heterocycles. The number of nitrogens with zero attached hydrogens (tertiary/aromatic N) is 1. The van der Waals surface area contributed by atoms with Crippen LogP contribution in [0, 0.1) is 0 Å². The molecule has 0 atom stereocenters. The molecule has 34 heavy (non-hydrogen) atoms. The van der Waals surface area contributed by atoms with Crippen molar-refractivity contribution in [1.82, 2.24) is 0 Å². The van der Waals surface area contributed by atoms with Gasteiger partial charge >= 0.3 is 5.97 Å². The minimum absolute atomic E-state index is 0.200. The van der Waals surface area contributed by atoms with Gasteiger partial charge in [-0.15, -0.1) is 0 Å². The second kappa shape index (κ2) is 10.6. The van der Waals surface area contributed by atoms with E-state index in [1.54, 1.807) is 24.3 Å². The highest BCUT2D eigenvalue weighted by atomic mass is 32.2. The maximum Gasteiger partial charge on any atom is 0.360 e. The van der Waals surface area contributed by atoms with Gasteiger partial charge in [0.25, 0.3) is 0 Å². The van der Waals surface area contributed by atoms with Crippen LogP contribution >= 0.6 is 0 Å². The van der Waals surface area contributed by atoms with E-state index < -0.39 is 15.8 Å². The zero-order valence-electron chi connectivity index (χ0n) is 18.8. The zero-order chi connectivity index (χ0) is 24.0. The Balaban J connectivity index is 1.51. The number of fused-ring (bicyclic) bond motifs is 1. The van der Waals surface area contributed by atoms with Crippen molar-refractivity contribution in [1.29, 1.82) is 0 Å². The van der Waals surface area contributed by atoms with E-state index in [9.17, 15) is 13.2 Å². The van der Waals surface area contributed by atoms with E-state index in [1.165, 1.54) is 11.8 Å². The zero-order valence-corrected chi connectivity index (χ0v) is 19.6. The molecule has 3 aromatic rings. The maximum atomic E-state index is 12.2. The van der Waals surface area contributed by atoms with Crippen molar-refractivity contribution in [3.05, 3.63) is 101 Å². The Labute approximate surface area is 199 Å². The van der Waals surface area contributed by atoms with Crippen molar-refractivity contribution in [2.45, 2.75) is 24.3 Å². The number of oxime groups is 1. The summed E-state index contributed by atoms with van der Waals surface area (Å²) in [6.07, 6.45) is 4.51. The van der Waals surface area contributed by atoms with Crippen molar-refractivity contribution >= 4 is 33.2 Å². The lowest BCUT2D eigenvalue weighted by molar-refractivity contribution is -0.149. The van der Waals surface area contributed by atoms with Gasteiger partial charge in [-0.05, 0) is 53.3 Å². The van der Waals surface area contributed by atoms with Gasteiger partial charge in [0.05, 0.1) is 17.2 Å². The molecule has 0 spiro atoms. The number of allylic oxidation sites excluding steroid dienone is 1. The fraction of sp³-hybridized carbons (Fsp3) is 0.185. The lowest BCUT2D eigenvalue weighted by atomic mass is 9.85. The fourth-order valence-corrected chi connectivity index (χ4v) is 4.37. The van der Waals surface area contributed by atoms with Crippen LogP contribution < -0.4 is 0 Å². The van der Waals surface area contributed by atoms with Crippen molar-refractivity contribution in [2.75, 3.05) is 12.9 Å². The highest BCUT2D eigenvalue weighted by molar-refractivity contribution is 7.90.